The molecule has 0 aliphatic carbocycles. The Labute approximate surface area is 209 Å². The number of aromatic nitrogens is 1. The van der Waals surface area contributed by atoms with Gasteiger partial charge >= 0.3 is 11.9 Å². The number of nitrogens with zero attached hydrogens (tertiary/aromatic N) is 2. The third kappa shape index (κ3) is 5.72. The van der Waals surface area contributed by atoms with Crippen molar-refractivity contribution < 1.29 is 19.1 Å². The van der Waals surface area contributed by atoms with Gasteiger partial charge in [-0.15, -0.1) is 22.7 Å². The van der Waals surface area contributed by atoms with Crippen LogP contribution in [0.3, 0.4) is 0 Å². The summed E-state index contributed by atoms with van der Waals surface area (Å²) in [5, 5.41) is 16.0. The van der Waals surface area contributed by atoms with Crippen LogP contribution in [-0.2, 0) is 9.47 Å². The van der Waals surface area contributed by atoms with Crippen molar-refractivity contribution >= 4 is 56.8 Å². The highest BCUT2D eigenvalue weighted by Gasteiger charge is 2.26. The van der Waals surface area contributed by atoms with Gasteiger partial charge in [0.1, 0.15) is 33.1 Å². The van der Waals surface area contributed by atoms with Crippen molar-refractivity contribution in [2.75, 3.05) is 18.5 Å². The molecule has 0 radical (unpaired) electrons. The molecule has 0 bridgehead atoms. The van der Waals surface area contributed by atoms with Crippen LogP contribution in [0.5, 0.6) is 0 Å². The Morgan fingerprint density at radius 1 is 1.26 bits per heavy atom. The molecule has 1 aromatic carbocycles. The Hall–Kier alpha value is -3.45. The van der Waals surface area contributed by atoms with Crippen LogP contribution in [0.2, 0.25) is 5.02 Å². The first kappa shape index (κ1) is 25.2. The van der Waals surface area contributed by atoms with Gasteiger partial charge in [-0.05, 0) is 31.5 Å². The van der Waals surface area contributed by atoms with Crippen LogP contribution in [0.25, 0.3) is 16.8 Å². The zero-order chi connectivity index (χ0) is 24.7. The number of hydrogen-bond acceptors (Lipinski definition) is 9. The Bertz CT molecular complexity index is 1290. The molecule has 0 aliphatic rings. The van der Waals surface area contributed by atoms with E-state index < -0.39 is 11.9 Å². The van der Waals surface area contributed by atoms with E-state index >= 15 is 0 Å². The molecule has 10 heteroatoms. The molecule has 0 fully saturated rings. The second kappa shape index (κ2) is 11.6. The second-order valence-electron chi connectivity index (χ2n) is 6.73. The standard InChI is InChI=1S/C24H20ClN3O4S2/c1-4-10-32-24(30)20-14(3)19(23(29)31-5-2)22(34-20)27-12-16(11-26)21-28-18(13-33-21)15-6-8-17(25)9-7-15/h4,6-9,12-13,27H,1,5,10H2,2-3H3/b16-12-. The molecule has 0 amide bonds. The molecule has 0 saturated carbocycles. The Kier molecular flexibility index (Phi) is 8.60. The van der Waals surface area contributed by atoms with Crippen LogP contribution in [0.4, 0.5) is 5.00 Å². The summed E-state index contributed by atoms with van der Waals surface area (Å²) >= 11 is 8.30. The average Bonchev–Trinajstić information content (AvgIpc) is 3.44. The van der Waals surface area contributed by atoms with Crippen molar-refractivity contribution in [1.29, 1.82) is 5.26 Å². The number of thiophene rings is 1. The number of nitriles is 1. The maximum absolute atomic E-state index is 12.6. The van der Waals surface area contributed by atoms with E-state index in [4.69, 9.17) is 21.1 Å². The molecular weight excluding hydrogens is 494 g/mol. The summed E-state index contributed by atoms with van der Waals surface area (Å²) in [6, 6.07) is 9.36. The van der Waals surface area contributed by atoms with Crippen molar-refractivity contribution in [1.82, 2.24) is 4.98 Å². The SMILES string of the molecule is C=CCOC(=O)c1sc(N/C=C(/C#N)c2nc(-c3ccc(Cl)cc3)cs2)c(C(=O)OCC)c1C. The van der Waals surface area contributed by atoms with Crippen molar-refractivity contribution in [2.45, 2.75) is 13.8 Å². The van der Waals surface area contributed by atoms with Crippen molar-refractivity contribution in [2.24, 2.45) is 0 Å². The smallest absolute Gasteiger partial charge is 0.348 e. The lowest BCUT2D eigenvalue weighted by Gasteiger charge is -2.05. The molecule has 0 saturated heterocycles. The minimum Gasteiger partial charge on any atom is -0.462 e. The lowest BCUT2D eigenvalue weighted by atomic mass is 10.1. The minimum absolute atomic E-state index is 0.0478. The van der Waals surface area contributed by atoms with E-state index in [0.29, 0.717) is 26.3 Å². The van der Waals surface area contributed by atoms with E-state index in [1.807, 2.05) is 17.5 Å². The fraction of sp³-hybridized carbons (Fsp3) is 0.167. The molecule has 34 heavy (non-hydrogen) atoms. The number of carbonyl (C=O) groups is 2. The molecule has 1 N–H and O–H groups in total. The van der Waals surface area contributed by atoms with Gasteiger partial charge in [0.15, 0.2) is 0 Å². The predicted octanol–water partition coefficient (Wildman–Crippen LogP) is 6.33. The first-order valence-corrected chi connectivity index (χ1v) is 12.1. The maximum Gasteiger partial charge on any atom is 0.348 e. The van der Waals surface area contributed by atoms with E-state index in [1.165, 1.54) is 23.6 Å². The molecule has 2 aromatic heterocycles. The Morgan fingerprint density at radius 3 is 2.65 bits per heavy atom. The quantitative estimate of drug-likeness (QED) is 0.202. The fourth-order valence-corrected chi connectivity index (χ4v) is 4.87. The molecule has 7 nitrogen and oxygen atoms in total. The van der Waals surface area contributed by atoms with Crippen LogP contribution in [0, 0.1) is 18.3 Å². The lowest BCUT2D eigenvalue weighted by Crippen LogP contribution is -2.09. The number of nitrogens with one attached hydrogen (secondary N) is 1. The van der Waals surface area contributed by atoms with Crippen molar-refractivity contribution in [3.8, 4) is 17.3 Å². The molecule has 0 atom stereocenters. The molecule has 174 valence electrons. The molecular formula is C24H20ClN3O4S2. The monoisotopic (exact) mass is 513 g/mol. The lowest BCUT2D eigenvalue weighted by molar-refractivity contribution is 0.0527. The van der Waals surface area contributed by atoms with Crippen LogP contribution >= 0.6 is 34.3 Å². The van der Waals surface area contributed by atoms with Crippen molar-refractivity contribution in [3.05, 3.63) is 74.5 Å². The van der Waals surface area contributed by atoms with Gasteiger partial charge in [0.25, 0.3) is 0 Å². The third-order valence-corrected chi connectivity index (χ3v) is 6.82. The molecule has 0 unspecified atom stereocenters. The summed E-state index contributed by atoms with van der Waals surface area (Å²) in [4.78, 5) is 29.8. The van der Waals surface area contributed by atoms with Gasteiger partial charge in [-0.2, -0.15) is 5.26 Å². The van der Waals surface area contributed by atoms with Gasteiger partial charge < -0.3 is 14.8 Å². The minimum atomic E-state index is -0.576. The highest BCUT2D eigenvalue weighted by Crippen LogP contribution is 2.35. The van der Waals surface area contributed by atoms with Crippen LogP contribution in [0.1, 0.15) is 37.5 Å². The largest absolute Gasteiger partial charge is 0.462 e. The van der Waals surface area contributed by atoms with Gasteiger partial charge in [0.05, 0.1) is 17.9 Å². The number of esters is 2. The van der Waals surface area contributed by atoms with Gasteiger partial charge in [-0.1, -0.05) is 36.4 Å². The molecule has 2 heterocycles. The Morgan fingerprint density at radius 2 is 2.00 bits per heavy atom. The van der Waals surface area contributed by atoms with E-state index in [1.54, 1.807) is 26.0 Å². The van der Waals surface area contributed by atoms with Crippen LogP contribution in [-0.4, -0.2) is 30.1 Å². The molecule has 3 rings (SSSR count). The topological polar surface area (TPSA) is 101 Å². The summed E-state index contributed by atoms with van der Waals surface area (Å²) in [6.07, 6.45) is 2.91. The van der Waals surface area contributed by atoms with Crippen LogP contribution < -0.4 is 5.32 Å². The molecule has 3 aromatic rings. The van der Waals surface area contributed by atoms with Gasteiger partial charge in [0.2, 0.25) is 0 Å². The first-order valence-electron chi connectivity index (χ1n) is 10.1. The Balaban J connectivity index is 1.92. The zero-order valence-corrected chi connectivity index (χ0v) is 20.8. The molecule has 0 spiro atoms. The highest BCUT2D eigenvalue weighted by atomic mass is 35.5. The molecule has 0 aliphatic heterocycles. The number of ether oxygens (including phenoxy) is 2. The average molecular weight is 514 g/mol. The number of anilines is 1. The summed E-state index contributed by atoms with van der Waals surface area (Å²) in [5.41, 5.74) is 2.50. The van der Waals surface area contributed by atoms with E-state index in [2.05, 4.69) is 22.9 Å². The number of rotatable bonds is 9. The van der Waals surface area contributed by atoms with Crippen molar-refractivity contribution in [3.63, 3.8) is 0 Å². The summed E-state index contributed by atoms with van der Waals surface area (Å²) < 4.78 is 10.3. The number of benzene rings is 1. The fourth-order valence-electron chi connectivity index (χ4n) is 2.89. The van der Waals surface area contributed by atoms with Gasteiger partial charge in [-0.25, -0.2) is 14.6 Å². The van der Waals surface area contributed by atoms with E-state index in [-0.39, 0.29) is 29.2 Å². The highest BCUT2D eigenvalue weighted by molar-refractivity contribution is 7.18. The number of hydrogen-bond donors (Lipinski definition) is 1. The third-order valence-electron chi connectivity index (χ3n) is 4.49. The number of halogens is 1. The first-order chi connectivity index (χ1) is 16.4. The van der Waals surface area contributed by atoms with E-state index in [0.717, 1.165) is 16.9 Å². The summed E-state index contributed by atoms with van der Waals surface area (Å²) in [7, 11) is 0. The summed E-state index contributed by atoms with van der Waals surface area (Å²) in [6.45, 7) is 7.09. The summed E-state index contributed by atoms with van der Waals surface area (Å²) in [5.74, 6) is -1.15. The van der Waals surface area contributed by atoms with E-state index in [9.17, 15) is 14.9 Å². The number of carbonyl (C=O) groups excluding carboxylic acids is 2. The normalized spacial score (nSPS) is 10.9. The predicted molar refractivity (Wildman–Crippen MR) is 135 cm³/mol. The van der Waals surface area contributed by atoms with Gasteiger partial charge in [-0.3, -0.25) is 0 Å². The number of thiazole rings is 1. The second-order valence-corrected chi connectivity index (χ2v) is 9.04. The van der Waals surface area contributed by atoms with Gasteiger partial charge in [0, 0.05) is 22.2 Å². The number of allylic oxidation sites excluding steroid dienone is 1. The maximum atomic E-state index is 12.6. The van der Waals surface area contributed by atoms with Crippen LogP contribution in [0.15, 0.2) is 48.5 Å². The zero-order valence-electron chi connectivity index (χ0n) is 18.4.